The number of nitrogens with one attached hydrogen (secondary N) is 2. The minimum atomic E-state index is -0.240. The van der Waals surface area contributed by atoms with Crippen molar-refractivity contribution in [1.82, 2.24) is 24.7 Å². The van der Waals surface area contributed by atoms with E-state index in [4.69, 9.17) is 0 Å². The molecule has 140 valence electrons. The fourth-order valence-corrected chi connectivity index (χ4v) is 3.20. The van der Waals surface area contributed by atoms with Gasteiger partial charge in [0, 0.05) is 17.3 Å². The number of fused-ring (bicyclic) bond motifs is 2. The highest BCUT2D eigenvalue weighted by Crippen LogP contribution is 2.25. The Bertz CT molecular complexity index is 1260. The molecule has 6 nitrogen and oxygen atoms in total. The van der Waals surface area contributed by atoms with Crippen LogP contribution in [0.15, 0.2) is 67.3 Å². The van der Waals surface area contributed by atoms with Crippen LogP contribution >= 0.6 is 12.4 Å². The Hall–Kier alpha value is -3.45. The summed E-state index contributed by atoms with van der Waals surface area (Å²) in [5.41, 5.74) is 4.48. The number of H-pyrrole nitrogens is 1. The van der Waals surface area contributed by atoms with Crippen molar-refractivity contribution in [1.29, 1.82) is 0 Å². The Morgan fingerprint density at radius 3 is 2.89 bits per heavy atom. The van der Waals surface area contributed by atoms with Crippen molar-refractivity contribution in [3.63, 3.8) is 0 Å². The van der Waals surface area contributed by atoms with Crippen LogP contribution in [0.5, 0.6) is 0 Å². The summed E-state index contributed by atoms with van der Waals surface area (Å²) in [4.78, 5) is 11.7. The molecule has 0 aliphatic rings. The zero-order valence-corrected chi connectivity index (χ0v) is 15.4. The molecule has 28 heavy (non-hydrogen) atoms. The van der Waals surface area contributed by atoms with Gasteiger partial charge in [0.15, 0.2) is 5.82 Å². The average Bonchev–Trinajstić information content (AvgIpc) is 3.29. The molecule has 5 rings (SSSR count). The fraction of sp³-hybridized carbons (Fsp3) is 0.0500. The van der Waals surface area contributed by atoms with Crippen molar-refractivity contribution >= 4 is 45.8 Å². The van der Waals surface area contributed by atoms with Crippen LogP contribution in [-0.4, -0.2) is 24.7 Å². The maximum Gasteiger partial charge on any atom is 0.158 e. The molecule has 3 heterocycles. The van der Waals surface area contributed by atoms with Crippen LogP contribution in [0.4, 0.5) is 15.9 Å². The second kappa shape index (κ2) is 7.28. The number of hydrogen-bond donors (Lipinski definition) is 2. The van der Waals surface area contributed by atoms with Crippen LogP contribution in [0.3, 0.4) is 0 Å². The Labute approximate surface area is 165 Å². The number of halogens is 2. The smallest absolute Gasteiger partial charge is 0.158 e. The van der Waals surface area contributed by atoms with E-state index >= 15 is 0 Å². The molecular formula is C20H16ClFN6. The van der Waals surface area contributed by atoms with Crippen molar-refractivity contribution in [2.45, 2.75) is 6.54 Å². The lowest BCUT2D eigenvalue weighted by Crippen LogP contribution is -2.01. The van der Waals surface area contributed by atoms with Gasteiger partial charge < -0.3 is 10.3 Å². The van der Waals surface area contributed by atoms with Gasteiger partial charge in [0.2, 0.25) is 0 Å². The van der Waals surface area contributed by atoms with Crippen molar-refractivity contribution in [3.8, 4) is 0 Å². The number of aromatic amines is 1. The zero-order valence-electron chi connectivity index (χ0n) is 14.6. The summed E-state index contributed by atoms with van der Waals surface area (Å²) in [6.45, 7) is 0.517. The molecule has 0 bridgehead atoms. The van der Waals surface area contributed by atoms with Crippen LogP contribution in [0.1, 0.15) is 5.56 Å². The quantitative estimate of drug-likeness (QED) is 0.465. The molecule has 0 saturated heterocycles. The summed E-state index contributed by atoms with van der Waals surface area (Å²) in [6, 6.07) is 14.5. The van der Waals surface area contributed by atoms with E-state index in [0.717, 1.165) is 39.0 Å². The zero-order chi connectivity index (χ0) is 18.2. The Morgan fingerprint density at radius 1 is 1.07 bits per heavy atom. The number of hydrogen-bond acceptors (Lipinski definition) is 4. The number of benzene rings is 2. The third kappa shape index (κ3) is 3.27. The van der Waals surface area contributed by atoms with Gasteiger partial charge in [-0.3, -0.25) is 4.68 Å². The molecule has 0 radical (unpaired) electrons. The molecule has 0 amide bonds. The van der Waals surface area contributed by atoms with Gasteiger partial charge in [-0.2, -0.15) is 5.10 Å². The van der Waals surface area contributed by atoms with Crippen LogP contribution in [0, 0.1) is 5.82 Å². The topological polar surface area (TPSA) is 71.4 Å². The Kier molecular flexibility index (Phi) is 4.67. The van der Waals surface area contributed by atoms with E-state index in [2.05, 4.69) is 25.4 Å². The molecule has 2 N–H and O–H groups in total. The first-order chi connectivity index (χ1) is 13.3. The molecular weight excluding hydrogens is 379 g/mol. The first-order valence-electron chi connectivity index (χ1n) is 8.51. The largest absolute Gasteiger partial charge is 0.357 e. The monoisotopic (exact) mass is 394 g/mol. The molecule has 5 aromatic rings. The van der Waals surface area contributed by atoms with Crippen molar-refractivity contribution < 1.29 is 4.39 Å². The predicted octanol–water partition coefficient (Wildman–Crippen LogP) is 4.66. The summed E-state index contributed by atoms with van der Waals surface area (Å²) in [6.07, 6.45) is 5.18. The minimum Gasteiger partial charge on any atom is -0.357 e. The third-order valence-electron chi connectivity index (χ3n) is 4.47. The van der Waals surface area contributed by atoms with E-state index in [1.54, 1.807) is 6.07 Å². The summed E-state index contributed by atoms with van der Waals surface area (Å²) in [5, 5.41) is 8.76. The maximum atomic E-state index is 13.4. The molecule has 0 atom stereocenters. The molecule has 2 aromatic carbocycles. The summed E-state index contributed by atoms with van der Waals surface area (Å²) in [5.74, 6) is 0.479. The van der Waals surface area contributed by atoms with Gasteiger partial charge >= 0.3 is 0 Å². The highest BCUT2D eigenvalue weighted by atomic mass is 35.5. The average molecular weight is 395 g/mol. The van der Waals surface area contributed by atoms with E-state index in [1.807, 2.05) is 47.4 Å². The van der Waals surface area contributed by atoms with E-state index in [9.17, 15) is 4.39 Å². The van der Waals surface area contributed by atoms with Gasteiger partial charge in [-0.25, -0.2) is 14.4 Å². The van der Waals surface area contributed by atoms with Crippen LogP contribution < -0.4 is 5.32 Å². The summed E-state index contributed by atoms with van der Waals surface area (Å²) < 4.78 is 15.3. The van der Waals surface area contributed by atoms with Crippen molar-refractivity contribution in [2.24, 2.45) is 0 Å². The molecule has 0 spiro atoms. The van der Waals surface area contributed by atoms with Crippen LogP contribution in [0.25, 0.3) is 21.9 Å². The van der Waals surface area contributed by atoms with Gasteiger partial charge in [-0.05, 0) is 42.0 Å². The van der Waals surface area contributed by atoms with Crippen molar-refractivity contribution in [3.05, 3.63) is 78.6 Å². The standard InChI is InChI=1S/C20H15FN6.ClH/c21-15-3-1-2-13(8-15)11-27-18-5-4-16(9-14(18)10-25-27)26-20-19-17(6-7-22-19)23-12-24-20;/h1-10,12,22H,11H2,(H,23,24,26);1H. The number of anilines is 2. The van der Waals surface area contributed by atoms with E-state index in [-0.39, 0.29) is 18.2 Å². The second-order valence-electron chi connectivity index (χ2n) is 6.29. The fourth-order valence-electron chi connectivity index (χ4n) is 3.20. The van der Waals surface area contributed by atoms with Gasteiger partial charge in [-0.15, -0.1) is 12.4 Å². The van der Waals surface area contributed by atoms with Gasteiger partial charge in [0.25, 0.3) is 0 Å². The van der Waals surface area contributed by atoms with Gasteiger partial charge in [-0.1, -0.05) is 12.1 Å². The number of rotatable bonds is 4. The molecule has 0 unspecified atom stereocenters. The third-order valence-corrected chi connectivity index (χ3v) is 4.47. The first kappa shape index (κ1) is 17.9. The molecule has 0 fully saturated rings. The predicted molar refractivity (Wildman–Crippen MR) is 110 cm³/mol. The van der Waals surface area contributed by atoms with Crippen molar-refractivity contribution in [2.75, 3.05) is 5.32 Å². The number of aromatic nitrogens is 5. The number of nitrogens with zero attached hydrogens (tertiary/aromatic N) is 4. The van der Waals surface area contributed by atoms with E-state index < -0.39 is 0 Å². The molecule has 0 aliphatic heterocycles. The van der Waals surface area contributed by atoms with Crippen LogP contribution in [0.2, 0.25) is 0 Å². The lowest BCUT2D eigenvalue weighted by atomic mass is 10.2. The minimum absolute atomic E-state index is 0. The molecule has 8 heteroatoms. The summed E-state index contributed by atoms with van der Waals surface area (Å²) >= 11 is 0. The molecule has 3 aromatic heterocycles. The summed E-state index contributed by atoms with van der Waals surface area (Å²) in [7, 11) is 0. The van der Waals surface area contributed by atoms with Gasteiger partial charge in [0.05, 0.1) is 23.8 Å². The van der Waals surface area contributed by atoms with E-state index in [0.29, 0.717) is 6.54 Å². The van der Waals surface area contributed by atoms with E-state index in [1.165, 1.54) is 18.5 Å². The highest BCUT2D eigenvalue weighted by Gasteiger charge is 2.08. The van der Waals surface area contributed by atoms with Gasteiger partial charge in [0.1, 0.15) is 17.7 Å². The lowest BCUT2D eigenvalue weighted by molar-refractivity contribution is 0.621. The SMILES string of the molecule is Cl.Fc1cccc(Cn2ncc3cc(Nc4ncnc5cc[nH]c45)ccc32)c1. The lowest BCUT2D eigenvalue weighted by Gasteiger charge is -2.08. The first-order valence-corrected chi connectivity index (χ1v) is 8.51. The van der Waals surface area contributed by atoms with Crippen LogP contribution in [-0.2, 0) is 6.54 Å². The Morgan fingerprint density at radius 2 is 2.00 bits per heavy atom. The molecule has 0 aliphatic carbocycles. The molecule has 0 saturated carbocycles. The normalized spacial score (nSPS) is 10.9. The second-order valence-corrected chi connectivity index (χ2v) is 6.29. The highest BCUT2D eigenvalue weighted by molar-refractivity contribution is 5.89. The Balaban J connectivity index is 0.00000192. The maximum absolute atomic E-state index is 13.4.